The molecule has 1 fully saturated rings. The van der Waals surface area contributed by atoms with E-state index in [4.69, 9.17) is 9.47 Å². The van der Waals surface area contributed by atoms with Crippen LogP contribution < -0.4 is 15.4 Å². The van der Waals surface area contributed by atoms with E-state index in [9.17, 15) is 9.59 Å². The molecule has 0 spiro atoms. The van der Waals surface area contributed by atoms with Gasteiger partial charge in [-0.25, -0.2) is 4.79 Å². The van der Waals surface area contributed by atoms with Gasteiger partial charge < -0.3 is 20.1 Å². The summed E-state index contributed by atoms with van der Waals surface area (Å²) < 4.78 is 11.2. The van der Waals surface area contributed by atoms with Crippen LogP contribution in [-0.2, 0) is 16.0 Å². The first-order chi connectivity index (χ1) is 13.5. The second-order valence-corrected chi connectivity index (χ2v) is 7.93. The number of nitrogens with zero attached hydrogens (tertiary/aromatic N) is 1. The second-order valence-electron chi connectivity index (χ2n) is 7.93. The van der Waals surface area contributed by atoms with Gasteiger partial charge in [-0.1, -0.05) is 19.9 Å². The normalized spacial score (nSPS) is 17.1. The Labute approximate surface area is 178 Å². The molecule has 2 heterocycles. The molecule has 29 heavy (non-hydrogen) atoms. The summed E-state index contributed by atoms with van der Waals surface area (Å²) in [7, 11) is 0. The van der Waals surface area contributed by atoms with Gasteiger partial charge in [0.05, 0.1) is 6.61 Å². The number of piperidine rings is 1. The van der Waals surface area contributed by atoms with Crippen molar-refractivity contribution in [2.75, 3.05) is 38.2 Å². The van der Waals surface area contributed by atoms with Crippen molar-refractivity contribution in [1.82, 2.24) is 10.2 Å². The molecule has 2 N–H and O–H groups in total. The summed E-state index contributed by atoms with van der Waals surface area (Å²) in [4.78, 5) is 25.7. The Kier molecular flexibility index (Phi) is 9.04. The first kappa shape index (κ1) is 23.3. The average Bonchev–Trinajstić information content (AvgIpc) is 2.67. The zero-order chi connectivity index (χ0) is 19.9. The molecule has 0 aliphatic carbocycles. The van der Waals surface area contributed by atoms with E-state index < -0.39 is 0 Å². The van der Waals surface area contributed by atoms with Crippen molar-refractivity contribution in [1.29, 1.82) is 0 Å². The third kappa shape index (κ3) is 7.08. The Morgan fingerprint density at radius 1 is 1.28 bits per heavy atom. The Hall–Kier alpha value is -1.99. The van der Waals surface area contributed by atoms with Crippen molar-refractivity contribution in [3.8, 4) is 5.75 Å². The van der Waals surface area contributed by atoms with Crippen molar-refractivity contribution in [3.05, 3.63) is 23.8 Å². The highest BCUT2D eigenvalue weighted by Crippen LogP contribution is 2.31. The lowest BCUT2D eigenvalue weighted by molar-refractivity contribution is -0.116. The highest BCUT2D eigenvalue weighted by atomic mass is 35.5. The number of rotatable bonds is 7. The number of halogens is 1. The maximum atomic E-state index is 11.8. The second kappa shape index (κ2) is 11.3. The fourth-order valence-electron chi connectivity index (χ4n) is 3.56. The molecule has 2 aliphatic rings. The van der Waals surface area contributed by atoms with Gasteiger partial charge in [0, 0.05) is 43.3 Å². The lowest BCUT2D eigenvalue weighted by atomic mass is 10.0. The third-order valence-corrected chi connectivity index (χ3v) is 5.13. The molecule has 3 rings (SSSR count). The van der Waals surface area contributed by atoms with E-state index in [0.29, 0.717) is 25.6 Å². The molecule has 1 saturated heterocycles. The van der Waals surface area contributed by atoms with Crippen LogP contribution in [0.25, 0.3) is 0 Å². The van der Waals surface area contributed by atoms with E-state index in [0.717, 1.165) is 55.9 Å². The Bertz CT molecular complexity index is 691. The highest BCUT2D eigenvalue weighted by molar-refractivity contribution is 5.94. The van der Waals surface area contributed by atoms with E-state index >= 15 is 0 Å². The molecule has 1 aromatic rings. The summed E-state index contributed by atoms with van der Waals surface area (Å²) in [5, 5.41) is 5.86. The number of likely N-dealkylation sites (tertiary alicyclic amines) is 1. The largest absolute Gasteiger partial charge is 0.492 e. The number of alkyl carbamates (subject to hydrolysis) is 1. The van der Waals surface area contributed by atoms with Crippen molar-refractivity contribution in [3.63, 3.8) is 0 Å². The number of hydrogen-bond acceptors (Lipinski definition) is 5. The van der Waals surface area contributed by atoms with E-state index in [1.54, 1.807) is 0 Å². The minimum atomic E-state index is -0.309. The molecular formula is C21H32ClN3O4. The minimum Gasteiger partial charge on any atom is -0.492 e. The molecule has 0 atom stereocenters. The van der Waals surface area contributed by atoms with Crippen molar-refractivity contribution >= 4 is 30.1 Å². The van der Waals surface area contributed by atoms with Crippen molar-refractivity contribution in [2.45, 2.75) is 45.6 Å². The predicted octanol–water partition coefficient (Wildman–Crippen LogP) is 3.22. The topological polar surface area (TPSA) is 79.9 Å². The van der Waals surface area contributed by atoms with Gasteiger partial charge >= 0.3 is 6.09 Å². The van der Waals surface area contributed by atoms with E-state index in [1.165, 1.54) is 0 Å². The molecule has 1 aromatic carbocycles. The summed E-state index contributed by atoms with van der Waals surface area (Å²) in [6.45, 7) is 7.82. The van der Waals surface area contributed by atoms with Gasteiger partial charge in [-0.05, 0) is 37.3 Å². The van der Waals surface area contributed by atoms with Gasteiger partial charge in [-0.3, -0.25) is 9.69 Å². The summed E-state index contributed by atoms with van der Waals surface area (Å²) >= 11 is 0. The molecule has 0 unspecified atom stereocenters. The number of benzene rings is 1. The van der Waals surface area contributed by atoms with Crippen LogP contribution in [0.1, 0.15) is 38.7 Å². The van der Waals surface area contributed by atoms with Crippen molar-refractivity contribution < 1.29 is 19.1 Å². The van der Waals surface area contributed by atoms with Crippen LogP contribution in [-0.4, -0.2) is 55.8 Å². The minimum absolute atomic E-state index is 0. The van der Waals surface area contributed by atoms with Gasteiger partial charge in [0.2, 0.25) is 5.91 Å². The molecule has 8 heteroatoms. The zero-order valence-corrected chi connectivity index (χ0v) is 18.1. The van der Waals surface area contributed by atoms with Gasteiger partial charge in [0.25, 0.3) is 0 Å². The van der Waals surface area contributed by atoms with Crippen LogP contribution in [0.15, 0.2) is 18.2 Å². The maximum Gasteiger partial charge on any atom is 0.407 e. The van der Waals surface area contributed by atoms with Crippen LogP contribution in [0.2, 0.25) is 0 Å². The number of hydrogen-bond donors (Lipinski definition) is 2. The summed E-state index contributed by atoms with van der Waals surface area (Å²) in [5.74, 6) is 1.27. The number of anilines is 1. The number of nitrogens with one attached hydrogen (secondary N) is 2. The number of amides is 2. The molecule has 0 aromatic heterocycles. The van der Waals surface area contributed by atoms with Gasteiger partial charge in [-0.15, -0.1) is 12.4 Å². The smallest absolute Gasteiger partial charge is 0.407 e. The molecule has 2 aliphatic heterocycles. The Morgan fingerprint density at radius 2 is 2.03 bits per heavy atom. The quantitative estimate of drug-likeness (QED) is 0.701. The number of carbonyl (C=O) groups is 2. The van der Waals surface area contributed by atoms with Gasteiger partial charge in [0.15, 0.2) is 0 Å². The maximum absolute atomic E-state index is 11.8. The van der Waals surface area contributed by atoms with Crippen molar-refractivity contribution in [2.24, 2.45) is 5.92 Å². The first-order valence-corrected chi connectivity index (χ1v) is 10.2. The monoisotopic (exact) mass is 425 g/mol. The van der Waals surface area contributed by atoms with Crippen LogP contribution >= 0.6 is 12.4 Å². The Balaban J connectivity index is 0.00000300. The third-order valence-electron chi connectivity index (χ3n) is 5.13. The summed E-state index contributed by atoms with van der Waals surface area (Å²) in [6, 6.07) is 5.98. The van der Waals surface area contributed by atoms with Crippen LogP contribution in [0, 0.1) is 5.92 Å². The van der Waals surface area contributed by atoms with E-state index in [1.807, 2.05) is 32.0 Å². The lowest BCUT2D eigenvalue weighted by Gasteiger charge is -2.32. The fraction of sp³-hybridized carbons (Fsp3) is 0.619. The number of fused-ring (bicyclic) bond motifs is 1. The van der Waals surface area contributed by atoms with Crippen LogP contribution in [0.3, 0.4) is 0 Å². The fourth-order valence-corrected chi connectivity index (χ4v) is 3.56. The molecule has 162 valence electrons. The van der Waals surface area contributed by atoms with E-state index in [-0.39, 0.29) is 30.4 Å². The molecule has 7 nitrogen and oxygen atoms in total. The van der Waals surface area contributed by atoms with Crippen LogP contribution in [0.5, 0.6) is 5.75 Å². The zero-order valence-electron chi connectivity index (χ0n) is 17.2. The number of ether oxygens (including phenoxy) is 2. The highest BCUT2D eigenvalue weighted by Gasteiger charge is 2.22. The van der Waals surface area contributed by atoms with E-state index in [2.05, 4.69) is 15.5 Å². The molecule has 0 bridgehead atoms. The standard InChI is InChI=1S/C21H31N3O4.ClH/c1-15(2)14-28-21(26)22-16-8-10-24(11-9-16)12-13-27-19-5-3-4-18-17(19)6-7-20(25)23-18;/h3-5,15-16H,6-14H2,1-2H3,(H,22,26)(H,23,25);1H. The average molecular weight is 426 g/mol. The summed E-state index contributed by atoms with van der Waals surface area (Å²) in [6.07, 6.45) is 2.76. The lowest BCUT2D eigenvalue weighted by Crippen LogP contribution is -2.45. The molecule has 2 amide bonds. The van der Waals surface area contributed by atoms with Gasteiger partial charge in [0.1, 0.15) is 12.4 Å². The Morgan fingerprint density at radius 3 is 2.76 bits per heavy atom. The predicted molar refractivity (Wildman–Crippen MR) is 115 cm³/mol. The molecule has 0 saturated carbocycles. The SMILES string of the molecule is CC(C)COC(=O)NC1CCN(CCOc2cccc3c2CCC(=O)N3)CC1.Cl. The number of carbonyl (C=O) groups excluding carboxylic acids is 2. The van der Waals surface area contributed by atoms with Crippen LogP contribution in [0.4, 0.5) is 10.5 Å². The molecule has 0 radical (unpaired) electrons. The van der Waals surface area contributed by atoms with Gasteiger partial charge in [-0.2, -0.15) is 0 Å². The molecular weight excluding hydrogens is 394 g/mol. The summed E-state index contributed by atoms with van der Waals surface area (Å²) in [5.41, 5.74) is 1.95. The first-order valence-electron chi connectivity index (χ1n) is 10.2.